The molecule has 11 nitrogen and oxygen atoms in total. The first-order valence-electron chi connectivity index (χ1n) is 9.67. The fourth-order valence-electron chi connectivity index (χ4n) is 3.34. The molecule has 160 valence electrons. The minimum absolute atomic E-state index is 0.162. The van der Waals surface area contributed by atoms with Crippen LogP contribution < -0.4 is 21.0 Å². The van der Waals surface area contributed by atoms with E-state index < -0.39 is 12.1 Å². The first kappa shape index (κ1) is 20.5. The Hall–Kier alpha value is -2.80. The maximum Gasteiger partial charge on any atom is 0.304 e. The van der Waals surface area contributed by atoms with Crippen LogP contribution >= 0.6 is 11.3 Å². The third kappa shape index (κ3) is 4.21. The van der Waals surface area contributed by atoms with E-state index in [-0.39, 0.29) is 16.6 Å². The number of rotatable bonds is 7. The van der Waals surface area contributed by atoms with Crippen molar-refractivity contribution in [2.24, 2.45) is 0 Å². The lowest BCUT2D eigenvalue weighted by Gasteiger charge is -2.25. The van der Waals surface area contributed by atoms with Crippen LogP contribution in [0.4, 0.5) is 5.69 Å². The zero-order valence-electron chi connectivity index (χ0n) is 16.3. The molecule has 4 rings (SSSR count). The summed E-state index contributed by atoms with van der Waals surface area (Å²) in [6.07, 6.45) is 3.60. The number of fused-ring (bicyclic) bond motifs is 1. The molecule has 0 aliphatic carbocycles. The van der Waals surface area contributed by atoms with Crippen LogP contribution in [0.15, 0.2) is 22.6 Å². The number of hydrazine groups is 1. The van der Waals surface area contributed by atoms with Crippen molar-refractivity contribution in [3.8, 4) is 0 Å². The Morgan fingerprint density at radius 1 is 1.43 bits per heavy atom. The van der Waals surface area contributed by atoms with Gasteiger partial charge in [0.1, 0.15) is 0 Å². The summed E-state index contributed by atoms with van der Waals surface area (Å²) in [6, 6.07) is 0.162. The molecule has 5 N–H and O–H groups in total. The van der Waals surface area contributed by atoms with E-state index in [0.717, 1.165) is 29.6 Å². The molecule has 0 saturated carbocycles. The van der Waals surface area contributed by atoms with Crippen molar-refractivity contribution in [3.63, 3.8) is 0 Å². The first-order valence-corrected chi connectivity index (χ1v) is 10.5. The van der Waals surface area contributed by atoms with Crippen LogP contribution in [0.25, 0.3) is 11.0 Å². The maximum atomic E-state index is 12.9. The van der Waals surface area contributed by atoms with Crippen LogP contribution in [0.5, 0.6) is 0 Å². The third-order valence-corrected chi connectivity index (χ3v) is 5.62. The summed E-state index contributed by atoms with van der Waals surface area (Å²) in [5.41, 5.74) is 6.90. The van der Waals surface area contributed by atoms with Gasteiger partial charge in [-0.1, -0.05) is 11.3 Å². The van der Waals surface area contributed by atoms with Gasteiger partial charge in [-0.2, -0.15) is 5.10 Å². The molecule has 1 saturated heterocycles. The number of thiazole rings is 1. The number of ether oxygens (including phenoxy) is 1. The van der Waals surface area contributed by atoms with Gasteiger partial charge in [0, 0.05) is 37.4 Å². The molecule has 3 aromatic heterocycles. The Morgan fingerprint density at radius 3 is 2.93 bits per heavy atom. The number of anilines is 1. The quantitative estimate of drug-likeness (QED) is 0.271. The predicted molar refractivity (Wildman–Crippen MR) is 111 cm³/mol. The number of aromatic amines is 1. The van der Waals surface area contributed by atoms with Crippen LogP contribution in [-0.4, -0.2) is 50.0 Å². The van der Waals surface area contributed by atoms with E-state index in [4.69, 9.17) is 4.74 Å². The molecule has 1 unspecified atom stereocenters. The van der Waals surface area contributed by atoms with Crippen LogP contribution in [0.1, 0.15) is 42.0 Å². The molecule has 1 amide bonds. The Bertz CT molecular complexity index is 1090. The standard InChI is InChI=1S/C18H23N7O4S/c1-2-25-15-11(8-20-25)14(21-10-3-5-29-6-4-10)12(7-19-15)16(26)23-24-17(27)13-9-30-18(28)22-13/h7-10,17,24,27H,2-6H2,1H3,(H,19,21)(H,22,28)(H,23,26). The number of aromatic nitrogens is 4. The van der Waals surface area contributed by atoms with Gasteiger partial charge in [0.25, 0.3) is 5.91 Å². The van der Waals surface area contributed by atoms with Crippen molar-refractivity contribution in [3.05, 3.63) is 38.7 Å². The van der Waals surface area contributed by atoms with Crippen LogP contribution in [-0.2, 0) is 11.3 Å². The summed E-state index contributed by atoms with van der Waals surface area (Å²) in [7, 11) is 0. The highest BCUT2D eigenvalue weighted by molar-refractivity contribution is 7.07. The second-order valence-corrected chi connectivity index (χ2v) is 7.72. The lowest BCUT2D eigenvalue weighted by Crippen LogP contribution is -2.40. The Kier molecular flexibility index (Phi) is 6.08. The molecule has 1 aliphatic rings. The molecular formula is C18H23N7O4S. The van der Waals surface area contributed by atoms with Crippen LogP contribution in [0.2, 0.25) is 0 Å². The van der Waals surface area contributed by atoms with Gasteiger partial charge >= 0.3 is 4.87 Å². The molecule has 0 bridgehead atoms. The highest BCUT2D eigenvalue weighted by Gasteiger charge is 2.22. The number of nitrogens with zero attached hydrogens (tertiary/aromatic N) is 3. The Morgan fingerprint density at radius 2 is 2.23 bits per heavy atom. The van der Waals surface area contributed by atoms with Crippen molar-refractivity contribution in [2.45, 2.75) is 38.6 Å². The zero-order valence-corrected chi connectivity index (χ0v) is 17.2. The smallest absolute Gasteiger partial charge is 0.304 e. The monoisotopic (exact) mass is 433 g/mol. The number of H-pyrrole nitrogens is 1. The van der Waals surface area contributed by atoms with Crippen molar-refractivity contribution in [1.29, 1.82) is 0 Å². The van der Waals surface area contributed by atoms with Gasteiger partial charge in [-0.3, -0.25) is 15.0 Å². The number of pyridine rings is 1. The van der Waals surface area contributed by atoms with Gasteiger partial charge in [0.05, 0.1) is 28.5 Å². The van der Waals surface area contributed by atoms with Crippen molar-refractivity contribution < 1.29 is 14.6 Å². The number of nitrogens with one attached hydrogen (secondary N) is 4. The van der Waals surface area contributed by atoms with Crippen LogP contribution in [0.3, 0.4) is 0 Å². The topological polar surface area (TPSA) is 146 Å². The molecular weight excluding hydrogens is 410 g/mol. The minimum Gasteiger partial charge on any atom is -0.381 e. The predicted octanol–water partition coefficient (Wildman–Crippen LogP) is 0.717. The number of carbonyl (C=O) groups excluding carboxylic acids is 1. The van der Waals surface area contributed by atoms with Gasteiger partial charge in [0.2, 0.25) is 0 Å². The highest BCUT2D eigenvalue weighted by atomic mass is 32.1. The van der Waals surface area contributed by atoms with Crippen molar-refractivity contribution in [2.75, 3.05) is 18.5 Å². The Labute approximate surface area is 175 Å². The molecule has 3 aromatic rings. The number of aryl methyl sites for hydroxylation is 1. The fourth-order valence-corrected chi connectivity index (χ4v) is 3.94. The molecule has 1 fully saturated rings. The summed E-state index contributed by atoms with van der Waals surface area (Å²) in [5.74, 6) is -0.472. The molecule has 12 heteroatoms. The fraction of sp³-hybridized carbons (Fsp3) is 0.444. The number of amides is 1. The summed E-state index contributed by atoms with van der Waals surface area (Å²) < 4.78 is 7.19. The van der Waals surface area contributed by atoms with Gasteiger partial charge in [-0.15, -0.1) is 0 Å². The van der Waals surface area contributed by atoms with Gasteiger partial charge in [0.15, 0.2) is 11.9 Å². The van der Waals surface area contributed by atoms with Crippen molar-refractivity contribution >= 4 is 34.0 Å². The van der Waals surface area contributed by atoms with Gasteiger partial charge in [-0.05, 0) is 19.8 Å². The van der Waals surface area contributed by atoms with E-state index in [2.05, 4.69) is 31.2 Å². The van der Waals surface area contributed by atoms with Crippen LogP contribution in [0, 0.1) is 0 Å². The molecule has 0 spiro atoms. The summed E-state index contributed by atoms with van der Waals surface area (Å²) in [6.45, 7) is 3.95. The average Bonchev–Trinajstić information content (AvgIpc) is 3.39. The number of hydrogen-bond acceptors (Lipinski definition) is 9. The average molecular weight is 433 g/mol. The highest BCUT2D eigenvalue weighted by Crippen LogP contribution is 2.28. The lowest BCUT2D eigenvalue weighted by molar-refractivity contribution is 0.0795. The van der Waals surface area contributed by atoms with Gasteiger partial charge < -0.3 is 20.1 Å². The van der Waals surface area contributed by atoms with E-state index in [1.165, 1.54) is 11.6 Å². The summed E-state index contributed by atoms with van der Waals surface area (Å²) in [5, 5.41) is 20.2. The van der Waals surface area contributed by atoms with E-state index in [9.17, 15) is 14.7 Å². The molecule has 4 heterocycles. The molecule has 0 radical (unpaired) electrons. The molecule has 30 heavy (non-hydrogen) atoms. The lowest BCUT2D eigenvalue weighted by atomic mass is 10.1. The number of carbonyl (C=O) groups is 1. The maximum absolute atomic E-state index is 12.9. The zero-order chi connectivity index (χ0) is 21.1. The minimum atomic E-state index is -1.25. The third-order valence-electron chi connectivity index (χ3n) is 4.94. The number of aliphatic hydroxyl groups excluding tert-OH is 1. The van der Waals surface area contributed by atoms with Crippen molar-refractivity contribution in [1.82, 2.24) is 30.6 Å². The number of aliphatic hydroxyl groups is 1. The second-order valence-electron chi connectivity index (χ2n) is 6.88. The number of hydrogen-bond donors (Lipinski definition) is 5. The first-order chi connectivity index (χ1) is 14.6. The SMILES string of the molecule is CCn1ncc2c(NC3CCOCC3)c(C(=O)NNC(O)c3csc(=O)[nH]3)cnc21. The Balaban J connectivity index is 1.58. The molecule has 1 aliphatic heterocycles. The van der Waals surface area contributed by atoms with E-state index in [0.29, 0.717) is 36.7 Å². The van der Waals surface area contributed by atoms with E-state index >= 15 is 0 Å². The normalized spacial score (nSPS) is 15.9. The van der Waals surface area contributed by atoms with E-state index in [1.54, 1.807) is 10.9 Å². The second kappa shape index (κ2) is 8.92. The van der Waals surface area contributed by atoms with Gasteiger partial charge in [-0.25, -0.2) is 15.1 Å². The largest absolute Gasteiger partial charge is 0.381 e. The van der Waals surface area contributed by atoms with E-state index in [1.807, 2.05) is 6.92 Å². The molecule has 0 aromatic carbocycles. The summed E-state index contributed by atoms with van der Waals surface area (Å²) >= 11 is 0.928. The molecule has 1 atom stereocenters. The summed E-state index contributed by atoms with van der Waals surface area (Å²) in [4.78, 5) is 30.7.